The van der Waals surface area contributed by atoms with Gasteiger partial charge < -0.3 is 10.4 Å². The van der Waals surface area contributed by atoms with Gasteiger partial charge in [-0.05, 0) is 55.6 Å². The van der Waals surface area contributed by atoms with Crippen molar-refractivity contribution >= 4 is 49.1 Å². The Morgan fingerprint density at radius 2 is 1.94 bits per heavy atom. The van der Waals surface area contributed by atoms with E-state index in [1.165, 1.54) is 0 Å². The summed E-state index contributed by atoms with van der Waals surface area (Å²) in [5.41, 5.74) is 1.78. The number of anilines is 1. The van der Waals surface area contributed by atoms with Crippen molar-refractivity contribution in [3.63, 3.8) is 0 Å². The lowest BCUT2D eigenvalue weighted by molar-refractivity contribution is 0.468. The molecule has 1 heterocycles. The normalized spacial score (nSPS) is 10.4. The second-order valence-corrected chi connectivity index (χ2v) is 5.73. The molecule has 0 spiro atoms. The average Bonchev–Trinajstić information content (AvgIpc) is 2.35. The summed E-state index contributed by atoms with van der Waals surface area (Å²) < 4.78 is 1.29. The minimum absolute atomic E-state index is 0.193. The van der Waals surface area contributed by atoms with E-state index in [0.29, 0.717) is 20.5 Å². The average molecular weight is 392 g/mol. The maximum atomic E-state index is 9.61. The summed E-state index contributed by atoms with van der Waals surface area (Å²) in [6.07, 6.45) is 3.31. The molecule has 0 bridgehead atoms. The molecule has 94 valence electrons. The predicted octanol–water partition coefficient (Wildman–Crippen LogP) is 4.58. The highest BCUT2D eigenvalue weighted by Gasteiger charge is 2.06. The molecule has 6 heteroatoms. The Hall–Kier alpha value is -0.780. The van der Waals surface area contributed by atoms with Crippen LogP contribution in [0.1, 0.15) is 5.56 Å². The molecule has 1 aromatic carbocycles. The van der Waals surface area contributed by atoms with E-state index in [2.05, 4.69) is 42.2 Å². The van der Waals surface area contributed by atoms with Gasteiger partial charge in [-0.2, -0.15) is 0 Å². The highest BCUT2D eigenvalue weighted by molar-refractivity contribution is 9.11. The Bertz CT molecular complexity index is 555. The lowest BCUT2D eigenvalue weighted by Crippen LogP contribution is -2.00. The number of aromatic hydroxyl groups is 1. The Balaban J connectivity index is 2.14. The van der Waals surface area contributed by atoms with Gasteiger partial charge in [0.2, 0.25) is 0 Å². The molecule has 1 aromatic heterocycles. The molecule has 0 saturated heterocycles. The quantitative estimate of drug-likeness (QED) is 0.804. The minimum Gasteiger partial charge on any atom is -0.506 e. The monoisotopic (exact) mass is 390 g/mol. The molecule has 0 radical (unpaired) electrons. The van der Waals surface area contributed by atoms with Gasteiger partial charge in [0.1, 0.15) is 5.75 Å². The first-order valence-electron chi connectivity index (χ1n) is 5.08. The number of halogens is 3. The summed E-state index contributed by atoms with van der Waals surface area (Å²) in [7, 11) is 0. The molecule has 0 unspecified atom stereocenters. The van der Waals surface area contributed by atoms with Gasteiger partial charge in [0.05, 0.1) is 25.9 Å². The zero-order chi connectivity index (χ0) is 13.1. The van der Waals surface area contributed by atoms with E-state index in [-0.39, 0.29) is 5.75 Å². The summed E-state index contributed by atoms with van der Waals surface area (Å²) in [6, 6.07) is 5.42. The van der Waals surface area contributed by atoms with Crippen molar-refractivity contribution in [2.45, 2.75) is 6.54 Å². The van der Waals surface area contributed by atoms with Crippen molar-refractivity contribution in [2.75, 3.05) is 5.32 Å². The Morgan fingerprint density at radius 1 is 1.28 bits per heavy atom. The van der Waals surface area contributed by atoms with Gasteiger partial charge in [0, 0.05) is 12.7 Å². The highest BCUT2D eigenvalue weighted by atomic mass is 79.9. The number of nitrogens with zero attached hydrogens (tertiary/aromatic N) is 1. The number of nitrogens with one attached hydrogen (secondary N) is 1. The second-order valence-electron chi connectivity index (χ2n) is 3.62. The van der Waals surface area contributed by atoms with Crippen LogP contribution in [0.2, 0.25) is 5.02 Å². The molecule has 0 saturated carbocycles. The molecule has 2 aromatic rings. The maximum Gasteiger partial charge on any atom is 0.143 e. The molecular formula is C12H9Br2ClN2O. The molecule has 0 amide bonds. The van der Waals surface area contributed by atoms with Crippen LogP contribution >= 0.6 is 43.5 Å². The van der Waals surface area contributed by atoms with Crippen LogP contribution in [0.4, 0.5) is 5.69 Å². The molecule has 2 rings (SSSR count). The van der Waals surface area contributed by atoms with Crippen molar-refractivity contribution in [3.8, 4) is 5.75 Å². The molecule has 0 aliphatic rings. The number of benzene rings is 1. The van der Waals surface area contributed by atoms with Crippen LogP contribution in [0, 0.1) is 0 Å². The number of rotatable bonds is 3. The third-order valence-corrected chi connectivity index (χ3v) is 3.87. The van der Waals surface area contributed by atoms with Crippen LogP contribution in [0.25, 0.3) is 0 Å². The van der Waals surface area contributed by atoms with Crippen molar-refractivity contribution < 1.29 is 5.11 Å². The van der Waals surface area contributed by atoms with Crippen molar-refractivity contribution in [1.29, 1.82) is 0 Å². The van der Waals surface area contributed by atoms with Gasteiger partial charge in [0.15, 0.2) is 0 Å². The maximum absolute atomic E-state index is 9.61. The number of pyridine rings is 1. The number of phenolic OH excluding ortho intramolecular Hbond substituents is 1. The van der Waals surface area contributed by atoms with Crippen LogP contribution in [0.15, 0.2) is 39.5 Å². The smallest absolute Gasteiger partial charge is 0.143 e. The zero-order valence-electron chi connectivity index (χ0n) is 9.12. The van der Waals surface area contributed by atoms with Gasteiger partial charge in [-0.25, -0.2) is 0 Å². The third-order valence-electron chi connectivity index (χ3n) is 2.33. The van der Waals surface area contributed by atoms with E-state index >= 15 is 0 Å². The first-order chi connectivity index (χ1) is 8.58. The van der Waals surface area contributed by atoms with Crippen molar-refractivity contribution in [2.24, 2.45) is 0 Å². The number of hydrogen-bond acceptors (Lipinski definition) is 3. The van der Waals surface area contributed by atoms with Crippen LogP contribution < -0.4 is 5.32 Å². The summed E-state index contributed by atoms with van der Waals surface area (Å²) in [5.74, 6) is 0.193. The number of phenols is 1. The van der Waals surface area contributed by atoms with Gasteiger partial charge in [0.25, 0.3) is 0 Å². The van der Waals surface area contributed by atoms with E-state index in [4.69, 9.17) is 11.6 Å². The third kappa shape index (κ3) is 3.16. The molecule has 0 fully saturated rings. The standard InChI is InChI=1S/C12H9Br2ClN2O/c13-8-3-7(4-9(14)12(8)18)5-17-11-6-16-2-1-10(11)15/h1-4,6,17-18H,5H2. The summed E-state index contributed by atoms with van der Waals surface area (Å²) >= 11 is 12.6. The fraction of sp³-hybridized carbons (Fsp3) is 0.0833. The lowest BCUT2D eigenvalue weighted by Gasteiger charge is -2.09. The molecule has 18 heavy (non-hydrogen) atoms. The van der Waals surface area contributed by atoms with Crippen molar-refractivity contribution in [1.82, 2.24) is 4.98 Å². The number of aromatic nitrogens is 1. The minimum atomic E-state index is 0.193. The molecule has 0 aliphatic heterocycles. The van der Waals surface area contributed by atoms with Gasteiger partial charge >= 0.3 is 0 Å². The summed E-state index contributed by atoms with van der Waals surface area (Å²) in [6.45, 7) is 0.586. The van der Waals surface area contributed by atoms with E-state index in [1.54, 1.807) is 18.5 Å². The van der Waals surface area contributed by atoms with E-state index < -0.39 is 0 Å². The SMILES string of the molecule is Oc1c(Br)cc(CNc2cnccc2Cl)cc1Br. The second kappa shape index (κ2) is 5.91. The molecule has 3 nitrogen and oxygen atoms in total. The van der Waals surface area contributed by atoms with E-state index in [9.17, 15) is 5.11 Å². The highest BCUT2D eigenvalue weighted by Crippen LogP contribution is 2.33. The Kier molecular flexibility index (Phi) is 4.48. The van der Waals surface area contributed by atoms with Gasteiger partial charge in [-0.3, -0.25) is 4.98 Å². The van der Waals surface area contributed by atoms with E-state index in [0.717, 1.165) is 11.3 Å². The molecular weight excluding hydrogens is 383 g/mol. The van der Waals surface area contributed by atoms with E-state index in [1.807, 2.05) is 12.1 Å². The van der Waals surface area contributed by atoms with Gasteiger partial charge in [-0.15, -0.1) is 0 Å². The molecule has 0 atom stereocenters. The predicted molar refractivity (Wildman–Crippen MR) is 80.1 cm³/mol. The Morgan fingerprint density at radius 3 is 2.56 bits per heavy atom. The number of hydrogen-bond donors (Lipinski definition) is 2. The first kappa shape index (κ1) is 13.6. The zero-order valence-corrected chi connectivity index (χ0v) is 13.1. The van der Waals surface area contributed by atoms with Crippen LogP contribution in [-0.2, 0) is 6.54 Å². The fourth-order valence-electron chi connectivity index (χ4n) is 1.42. The first-order valence-corrected chi connectivity index (χ1v) is 7.04. The van der Waals surface area contributed by atoms with Crippen LogP contribution in [0.5, 0.6) is 5.75 Å². The van der Waals surface area contributed by atoms with Crippen LogP contribution in [-0.4, -0.2) is 10.1 Å². The molecule has 2 N–H and O–H groups in total. The van der Waals surface area contributed by atoms with Crippen LogP contribution in [0.3, 0.4) is 0 Å². The topological polar surface area (TPSA) is 45.1 Å². The summed E-state index contributed by atoms with van der Waals surface area (Å²) in [5, 5.41) is 13.4. The van der Waals surface area contributed by atoms with Crippen molar-refractivity contribution in [3.05, 3.63) is 50.1 Å². The van der Waals surface area contributed by atoms with Gasteiger partial charge in [-0.1, -0.05) is 11.6 Å². The fourth-order valence-corrected chi connectivity index (χ4v) is 2.88. The summed E-state index contributed by atoms with van der Waals surface area (Å²) in [4.78, 5) is 4.00. The molecule has 0 aliphatic carbocycles. The lowest BCUT2D eigenvalue weighted by atomic mass is 10.2. The largest absolute Gasteiger partial charge is 0.506 e. The Labute approximate surface area is 126 Å².